The first-order valence-electron chi connectivity index (χ1n) is 17.7. The fourth-order valence-corrected chi connectivity index (χ4v) is 6.97. The van der Waals surface area contributed by atoms with E-state index in [2.05, 4.69) is 93.3 Å². The highest BCUT2D eigenvalue weighted by Gasteiger charge is 2.34. The van der Waals surface area contributed by atoms with Gasteiger partial charge in [-0.3, -0.25) is 14.6 Å². The van der Waals surface area contributed by atoms with Crippen molar-refractivity contribution in [1.29, 1.82) is 0 Å². The Balaban J connectivity index is 1.06. The highest BCUT2D eigenvalue weighted by molar-refractivity contribution is 5.79. The number of rotatable bonds is 13. The minimum Gasteiger partial charge on any atom is -0.453 e. The largest absolute Gasteiger partial charge is 0.453 e. The maximum absolute atomic E-state index is 13.1. The second-order valence-electron chi connectivity index (χ2n) is 13.3. The second kappa shape index (κ2) is 16.7. The van der Waals surface area contributed by atoms with Crippen molar-refractivity contribution >= 4 is 24.3 Å². The van der Waals surface area contributed by atoms with Crippen LogP contribution in [-0.2, 0) is 24.1 Å². The molecule has 0 bridgehead atoms. The molecule has 0 saturated carbocycles. The molecule has 6 rings (SSSR count). The van der Waals surface area contributed by atoms with Gasteiger partial charge in [0.15, 0.2) is 0 Å². The van der Waals surface area contributed by atoms with Crippen LogP contribution in [0.5, 0.6) is 0 Å². The van der Waals surface area contributed by atoms with Gasteiger partial charge in [-0.2, -0.15) is 4.89 Å². The summed E-state index contributed by atoms with van der Waals surface area (Å²) in [5, 5.41) is 2.66. The van der Waals surface area contributed by atoms with E-state index in [0.29, 0.717) is 13.1 Å². The standard InChI is InChI=1S/C38H46N8O6/c1-24(41-23-52-51-4)19-34(47)45-17-5-7-32(45)36-39-21-30(43-36)28-13-9-26(10-14-28)27-11-15-29(16-12-27)31-22-40-37(44-31)33-8-6-18-46(33)35(48)20-25(2)42-38(49)50-3/h9-16,21-25,32-33H,5-8,17-20H2,1-4H3,(H,39,43)(H,40,44)(H,42,49)/b41-23-/t24-,25-,32-,33-/m0/s1. The van der Waals surface area contributed by atoms with Gasteiger partial charge in [-0.05, 0) is 61.8 Å². The molecular weight excluding hydrogens is 664 g/mol. The molecule has 0 unspecified atom stereocenters. The molecule has 3 amide bonds. The number of hydrogen-bond donors (Lipinski definition) is 3. The number of imidazole rings is 2. The molecule has 2 fully saturated rings. The van der Waals surface area contributed by atoms with Crippen LogP contribution in [0.3, 0.4) is 0 Å². The first kappa shape index (κ1) is 36.3. The summed E-state index contributed by atoms with van der Waals surface area (Å²) in [7, 11) is 2.70. The molecule has 14 heteroatoms. The number of amides is 3. The summed E-state index contributed by atoms with van der Waals surface area (Å²) in [5.74, 6) is 1.56. The second-order valence-corrected chi connectivity index (χ2v) is 13.3. The van der Waals surface area contributed by atoms with Gasteiger partial charge in [-0.1, -0.05) is 48.5 Å². The average molecular weight is 711 g/mol. The first-order chi connectivity index (χ1) is 25.2. The third-order valence-corrected chi connectivity index (χ3v) is 9.65. The van der Waals surface area contributed by atoms with Crippen LogP contribution in [-0.4, -0.2) is 93.4 Å². The van der Waals surface area contributed by atoms with E-state index in [4.69, 9.17) is 0 Å². The number of likely N-dealkylation sites (tertiary alicyclic amines) is 2. The topological polar surface area (TPSA) is 167 Å². The maximum atomic E-state index is 13.1. The molecule has 14 nitrogen and oxygen atoms in total. The van der Waals surface area contributed by atoms with Crippen molar-refractivity contribution in [2.24, 2.45) is 4.99 Å². The highest BCUT2D eigenvalue weighted by Crippen LogP contribution is 2.34. The van der Waals surface area contributed by atoms with Crippen molar-refractivity contribution in [2.45, 2.75) is 76.5 Å². The van der Waals surface area contributed by atoms with Crippen LogP contribution in [0.4, 0.5) is 4.79 Å². The van der Waals surface area contributed by atoms with Gasteiger partial charge in [-0.25, -0.2) is 14.8 Å². The Kier molecular flexibility index (Phi) is 11.6. The Labute approximate surface area is 302 Å². The molecule has 4 heterocycles. The molecule has 2 aliphatic rings. The number of aromatic amines is 2. The van der Waals surface area contributed by atoms with Gasteiger partial charge in [0, 0.05) is 32.0 Å². The Morgan fingerprint density at radius 1 is 0.808 bits per heavy atom. The molecule has 274 valence electrons. The molecule has 52 heavy (non-hydrogen) atoms. The highest BCUT2D eigenvalue weighted by atomic mass is 17.2. The normalized spacial score (nSPS) is 18.5. The van der Waals surface area contributed by atoms with Crippen molar-refractivity contribution in [3.8, 4) is 33.6 Å². The van der Waals surface area contributed by atoms with Crippen molar-refractivity contribution in [1.82, 2.24) is 35.1 Å². The Hall–Kier alpha value is -5.50. The minimum absolute atomic E-state index is 0.0255. The van der Waals surface area contributed by atoms with Crippen LogP contribution in [0.2, 0.25) is 0 Å². The summed E-state index contributed by atoms with van der Waals surface area (Å²) >= 11 is 0. The molecule has 2 aliphatic heterocycles. The number of alkyl carbamates (subject to hydrolysis) is 1. The summed E-state index contributed by atoms with van der Waals surface area (Å²) in [5.41, 5.74) is 5.95. The number of nitrogens with zero attached hydrogens (tertiary/aromatic N) is 5. The van der Waals surface area contributed by atoms with E-state index in [0.717, 1.165) is 71.0 Å². The van der Waals surface area contributed by atoms with E-state index in [9.17, 15) is 14.4 Å². The Morgan fingerprint density at radius 2 is 1.29 bits per heavy atom. The predicted molar refractivity (Wildman–Crippen MR) is 195 cm³/mol. The molecular formula is C38H46N8O6. The monoisotopic (exact) mass is 710 g/mol. The SMILES string of the molecule is COO/C=N\[C@@H](C)CC(=O)N1CCC[C@H]1c1ncc(-c2ccc(-c3ccc(-c4cnc([C@@H]5CCCN5C(=O)C[C@H](C)NC(=O)OC)[nH]4)cc3)cc2)[nH]1. The fraction of sp³-hybridized carbons (Fsp3) is 0.421. The number of H-pyrrole nitrogens is 2. The number of benzene rings is 2. The number of nitrogens with one attached hydrogen (secondary N) is 3. The lowest BCUT2D eigenvalue weighted by atomic mass is 10.0. The van der Waals surface area contributed by atoms with Gasteiger partial charge in [0.25, 0.3) is 0 Å². The summed E-state index contributed by atoms with van der Waals surface area (Å²) in [6.07, 6.45) is 8.27. The minimum atomic E-state index is -0.549. The molecule has 2 aromatic heterocycles. The molecule has 0 radical (unpaired) electrons. The zero-order chi connectivity index (χ0) is 36.6. The van der Waals surface area contributed by atoms with Crippen LogP contribution in [0.1, 0.15) is 76.1 Å². The Bertz CT molecular complexity index is 1850. The van der Waals surface area contributed by atoms with Gasteiger partial charge in [0.2, 0.25) is 18.2 Å². The lowest BCUT2D eigenvalue weighted by molar-refractivity contribution is -0.188. The van der Waals surface area contributed by atoms with Crippen molar-refractivity contribution in [3.05, 3.63) is 72.6 Å². The maximum Gasteiger partial charge on any atom is 0.407 e. The van der Waals surface area contributed by atoms with Crippen LogP contribution >= 0.6 is 0 Å². The van der Waals surface area contributed by atoms with Gasteiger partial charge in [-0.15, -0.1) is 0 Å². The van der Waals surface area contributed by atoms with E-state index in [1.54, 1.807) is 6.92 Å². The number of aromatic nitrogens is 4. The van der Waals surface area contributed by atoms with Gasteiger partial charge in [0.1, 0.15) is 11.6 Å². The lowest BCUT2D eigenvalue weighted by Gasteiger charge is -2.25. The molecule has 0 spiro atoms. The smallest absolute Gasteiger partial charge is 0.407 e. The molecule has 4 atom stereocenters. The molecule has 3 N–H and O–H groups in total. The van der Waals surface area contributed by atoms with Crippen LogP contribution < -0.4 is 5.32 Å². The van der Waals surface area contributed by atoms with Crippen LogP contribution in [0, 0.1) is 0 Å². The van der Waals surface area contributed by atoms with Gasteiger partial charge < -0.3 is 34.7 Å². The first-order valence-corrected chi connectivity index (χ1v) is 17.7. The van der Waals surface area contributed by atoms with Crippen LogP contribution in [0.15, 0.2) is 65.9 Å². The van der Waals surface area contributed by atoms with Crippen molar-refractivity contribution in [2.75, 3.05) is 27.3 Å². The predicted octanol–water partition coefficient (Wildman–Crippen LogP) is 5.98. The lowest BCUT2D eigenvalue weighted by Crippen LogP contribution is -2.39. The summed E-state index contributed by atoms with van der Waals surface area (Å²) in [4.78, 5) is 71.0. The van der Waals surface area contributed by atoms with E-state index < -0.39 is 6.09 Å². The molecule has 4 aromatic rings. The van der Waals surface area contributed by atoms with E-state index in [1.807, 2.05) is 29.1 Å². The zero-order valence-corrected chi connectivity index (χ0v) is 30.0. The third kappa shape index (κ3) is 8.51. The molecule has 2 aromatic carbocycles. The van der Waals surface area contributed by atoms with Crippen LogP contribution in [0.25, 0.3) is 33.6 Å². The number of ether oxygens (including phenoxy) is 1. The number of hydrogen-bond acceptors (Lipinski definition) is 9. The summed E-state index contributed by atoms with van der Waals surface area (Å²) < 4.78 is 4.65. The number of carbonyl (C=O) groups is 3. The Morgan fingerprint density at radius 3 is 1.77 bits per heavy atom. The fourth-order valence-electron chi connectivity index (χ4n) is 6.97. The summed E-state index contributed by atoms with van der Waals surface area (Å²) in [6.45, 7) is 5.00. The molecule has 2 saturated heterocycles. The summed E-state index contributed by atoms with van der Waals surface area (Å²) in [6, 6.07) is 15.8. The number of aliphatic imine (C=N–C) groups is 1. The van der Waals surface area contributed by atoms with E-state index >= 15 is 0 Å². The van der Waals surface area contributed by atoms with E-state index in [1.165, 1.54) is 20.6 Å². The molecule has 0 aliphatic carbocycles. The zero-order valence-electron chi connectivity index (χ0n) is 30.0. The van der Waals surface area contributed by atoms with Crippen molar-refractivity contribution < 1.29 is 28.9 Å². The quantitative estimate of drug-likeness (QED) is 0.0660. The number of methoxy groups -OCH3 is 1. The average Bonchev–Trinajstić information content (AvgIpc) is 3.98. The van der Waals surface area contributed by atoms with Gasteiger partial charge >= 0.3 is 6.09 Å². The number of carbonyl (C=O) groups excluding carboxylic acids is 3. The van der Waals surface area contributed by atoms with Gasteiger partial charge in [0.05, 0.1) is 56.1 Å². The van der Waals surface area contributed by atoms with Crippen molar-refractivity contribution in [3.63, 3.8) is 0 Å². The van der Waals surface area contributed by atoms with E-state index in [-0.39, 0.29) is 48.8 Å². The third-order valence-electron chi connectivity index (χ3n) is 9.65.